The van der Waals surface area contributed by atoms with Crippen LogP contribution in [-0.2, 0) is 9.59 Å². The minimum atomic E-state index is -0.926. The molecular formula is C29H47NO5S. The van der Waals surface area contributed by atoms with E-state index in [1.165, 1.54) is 11.3 Å². The number of aliphatic hydroxyl groups is 2. The summed E-state index contributed by atoms with van der Waals surface area (Å²) >= 11 is 4.44. The molecule has 5 rings (SSSR count). The van der Waals surface area contributed by atoms with E-state index in [1.54, 1.807) is 0 Å². The number of aliphatic hydroxyl groups excluding tert-OH is 2. The normalized spacial score (nSPS) is 49.2. The first kappa shape index (κ1) is 26.8. The number of amides is 1. The van der Waals surface area contributed by atoms with Gasteiger partial charge in [-0.15, -0.1) is 0 Å². The summed E-state index contributed by atoms with van der Waals surface area (Å²) < 4.78 is 0. The van der Waals surface area contributed by atoms with Crippen LogP contribution in [0.1, 0.15) is 91.4 Å². The van der Waals surface area contributed by atoms with Crippen molar-refractivity contribution >= 4 is 24.5 Å². The molecule has 0 bridgehead atoms. The number of rotatable bonds is 5. The fraction of sp³-hybridized carbons (Fsp3) is 0.931. The number of carboxylic acids is 1. The predicted octanol–water partition coefficient (Wildman–Crippen LogP) is 4.38. The maximum atomic E-state index is 13.0. The average molecular weight is 522 g/mol. The molecule has 1 heterocycles. The molecule has 36 heavy (non-hydrogen) atoms. The zero-order valence-corrected chi connectivity index (χ0v) is 23.2. The number of hydrogen-bond acceptors (Lipinski definition) is 5. The molecule has 6 nitrogen and oxygen atoms in total. The molecule has 0 aromatic rings. The highest BCUT2D eigenvalue weighted by molar-refractivity contribution is 7.81. The van der Waals surface area contributed by atoms with Crippen LogP contribution in [0.25, 0.3) is 0 Å². The van der Waals surface area contributed by atoms with Crippen molar-refractivity contribution in [2.45, 2.75) is 115 Å². The van der Waals surface area contributed by atoms with E-state index in [1.807, 2.05) is 0 Å². The molecule has 1 amide bonds. The van der Waals surface area contributed by atoms with Crippen LogP contribution < -0.4 is 0 Å². The summed E-state index contributed by atoms with van der Waals surface area (Å²) in [4.78, 5) is 26.1. The van der Waals surface area contributed by atoms with Crippen LogP contribution in [0.3, 0.4) is 0 Å². The average Bonchev–Trinajstić information content (AvgIpc) is 3.38. The topological polar surface area (TPSA) is 98.1 Å². The van der Waals surface area contributed by atoms with Crippen LogP contribution in [0, 0.1) is 46.3 Å². The molecule has 3 N–H and O–H groups in total. The molecule has 1 saturated heterocycles. The summed E-state index contributed by atoms with van der Waals surface area (Å²) in [5.74, 6) is 1.82. The van der Waals surface area contributed by atoms with Crippen molar-refractivity contribution in [1.29, 1.82) is 0 Å². The maximum absolute atomic E-state index is 13.0. The van der Waals surface area contributed by atoms with Gasteiger partial charge in [0.05, 0.1) is 12.2 Å². The molecule has 4 aliphatic carbocycles. The Labute approximate surface area is 222 Å². The number of thiol groups is 1. The van der Waals surface area contributed by atoms with Gasteiger partial charge in [-0.1, -0.05) is 20.8 Å². The first-order valence-electron chi connectivity index (χ1n) is 14.5. The van der Waals surface area contributed by atoms with E-state index in [0.29, 0.717) is 54.9 Å². The summed E-state index contributed by atoms with van der Waals surface area (Å²) in [7, 11) is 0. The lowest BCUT2D eigenvalue weighted by Crippen LogP contribution is -2.58. The van der Waals surface area contributed by atoms with Crippen molar-refractivity contribution in [2.75, 3.05) is 6.54 Å². The van der Waals surface area contributed by atoms with Crippen LogP contribution >= 0.6 is 12.6 Å². The molecule has 0 radical (unpaired) electrons. The number of fused-ring (bicyclic) bond motifs is 5. The first-order valence-corrected chi connectivity index (χ1v) is 15.0. The lowest BCUT2D eigenvalue weighted by molar-refractivity contribution is -0.174. The fourth-order valence-corrected chi connectivity index (χ4v) is 10.6. The van der Waals surface area contributed by atoms with E-state index < -0.39 is 12.0 Å². The SMILES string of the molecule is C[C@H](CCC(=O)N1C[C@@H](S)C[C@H]1C(=O)O)[C@H]1CC[C@H]2[C@@H]3[C@@H](O)C[C@@H]4C[C@H](O)CC[C@]4(C)[C@H]3CC[C@]12C. The number of carboxylic acid groups (broad SMARTS) is 1. The summed E-state index contributed by atoms with van der Waals surface area (Å²) in [5.41, 5.74) is 0.428. The number of carbonyl (C=O) groups is 2. The van der Waals surface area contributed by atoms with Gasteiger partial charge in [-0.3, -0.25) is 4.79 Å². The number of carbonyl (C=O) groups excluding carboxylic acids is 1. The third-order valence-corrected chi connectivity index (χ3v) is 12.5. The zero-order chi connectivity index (χ0) is 26.0. The molecule has 0 unspecified atom stereocenters. The molecule has 204 valence electrons. The lowest BCUT2D eigenvalue weighted by atomic mass is 9.43. The van der Waals surface area contributed by atoms with E-state index in [2.05, 4.69) is 33.4 Å². The summed E-state index contributed by atoms with van der Waals surface area (Å²) in [6.45, 7) is 7.62. The largest absolute Gasteiger partial charge is 0.480 e. The van der Waals surface area contributed by atoms with Crippen LogP contribution in [-0.4, -0.2) is 62.1 Å². The minimum absolute atomic E-state index is 0.0460. The summed E-state index contributed by atoms with van der Waals surface area (Å²) in [6, 6.07) is -0.738. The van der Waals surface area contributed by atoms with Crippen LogP contribution in [0.15, 0.2) is 0 Å². The fourth-order valence-electron chi connectivity index (χ4n) is 10.2. The highest BCUT2D eigenvalue weighted by Gasteiger charge is 2.62. The van der Waals surface area contributed by atoms with Crippen molar-refractivity contribution in [3.05, 3.63) is 0 Å². The van der Waals surface area contributed by atoms with E-state index in [-0.39, 0.29) is 34.2 Å². The third kappa shape index (κ3) is 4.33. The number of nitrogens with zero attached hydrogens (tertiary/aromatic N) is 1. The van der Waals surface area contributed by atoms with Gasteiger partial charge < -0.3 is 20.2 Å². The van der Waals surface area contributed by atoms with E-state index in [0.717, 1.165) is 51.4 Å². The minimum Gasteiger partial charge on any atom is -0.480 e. The van der Waals surface area contributed by atoms with Gasteiger partial charge in [0.2, 0.25) is 5.91 Å². The van der Waals surface area contributed by atoms with Gasteiger partial charge in [-0.2, -0.15) is 12.6 Å². The van der Waals surface area contributed by atoms with Crippen molar-refractivity contribution in [1.82, 2.24) is 4.90 Å². The monoisotopic (exact) mass is 521 g/mol. The second-order valence-corrected chi connectivity index (χ2v) is 14.5. The molecule has 7 heteroatoms. The summed E-state index contributed by atoms with van der Waals surface area (Å²) in [6.07, 6.45) is 9.48. The Bertz CT molecular complexity index is 869. The lowest BCUT2D eigenvalue weighted by Gasteiger charge is -2.62. The van der Waals surface area contributed by atoms with Crippen molar-refractivity contribution < 1.29 is 24.9 Å². The van der Waals surface area contributed by atoms with Gasteiger partial charge in [-0.05, 0) is 111 Å². The molecule has 5 aliphatic rings. The van der Waals surface area contributed by atoms with Gasteiger partial charge in [0.1, 0.15) is 6.04 Å². The van der Waals surface area contributed by atoms with E-state index >= 15 is 0 Å². The Morgan fingerprint density at radius 3 is 2.42 bits per heavy atom. The number of likely N-dealkylation sites (tertiary alicyclic amines) is 1. The molecule has 12 atom stereocenters. The van der Waals surface area contributed by atoms with Crippen molar-refractivity contribution in [3.63, 3.8) is 0 Å². The highest BCUT2D eigenvalue weighted by Crippen LogP contribution is 2.68. The van der Waals surface area contributed by atoms with Crippen LogP contribution in [0.5, 0.6) is 0 Å². The highest BCUT2D eigenvalue weighted by atomic mass is 32.1. The van der Waals surface area contributed by atoms with Gasteiger partial charge in [0.25, 0.3) is 0 Å². The summed E-state index contributed by atoms with van der Waals surface area (Å²) in [5, 5.41) is 31.2. The molecule has 4 saturated carbocycles. The van der Waals surface area contributed by atoms with Crippen molar-refractivity contribution in [3.8, 4) is 0 Å². The van der Waals surface area contributed by atoms with Gasteiger partial charge in [-0.25, -0.2) is 4.79 Å². The van der Waals surface area contributed by atoms with Crippen LogP contribution in [0.2, 0.25) is 0 Å². The third-order valence-electron chi connectivity index (χ3n) is 12.1. The van der Waals surface area contributed by atoms with Crippen LogP contribution in [0.4, 0.5) is 0 Å². The van der Waals surface area contributed by atoms with E-state index in [9.17, 15) is 24.9 Å². The molecule has 1 aliphatic heterocycles. The van der Waals surface area contributed by atoms with E-state index in [4.69, 9.17) is 0 Å². The Hall–Kier alpha value is -0.790. The Morgan fingerprint density at radius 2 is 1.69 bits per heavy atom. The molecule has 0 aromatic carbocycles. The molecular weight excluding hydrogens is 474 g/mol. The standard InChI is InChI=1S/C29H47NO5S/c1-16(4-7-25(33)30-15-19(36)14-23(30)27(34)35)20-5-6-21-26-22(9-11-29(20,21)3)28(2)10-8-18(31)12-17(28)13-24(26)32/h16-24,26,31-32,36H,4-15H2,1-3H3,(H,34,35)/t16-,17+,18-,19+,20-,21+,22+,23+,24+,26+,28+,29-/m1/s1. The zero-order valence-electron chi connectivity index (χ0n) is 22.3. The number of hydrogen-bond donors (Lipinski definition) is 4. The smallest absolute Gasteiger partial charge is 0.326 e. The quantitative estimate of drug-likeness (QED) is 0.403. The second-order valence-electron chi connectivity index (χ2n) is 13.8. The Morgan fingerprint density at radius 1 is 1.00 bits per heavy atom. The van der Waals surface area contributed by atoms with Gasteiger partial charge >= 0.3 is 5.97 Å². The Balaban J connectivity index is 1.25. The second kappa shape index (κ2) is 9.75. The predicted molar refractivity (Wildman–Crippen MR) is 142 cm³/mol. The Kier molecular flexibility index (Phi) is 7.26. The molecule has 5 fully saturated rings. The van der Waals surface area contributed by atoms with Gasteiger partial charge in [0.15, 0.2) is 0 Å². The number of aliphatic carboxylic acids is 1. The first-order chi connectivity index (χ1) is 17.0. The molecule has 0 aromatic heterocycles. The molecule has 0 spiro atoms. The van der Waals surface area contributed by atoms with Crippen molar-refractivity contribution in [2.24, 2.45) is 46.3 Å². The van der Waals surface area contributed by atoms with Gasteiger partial charge in [0, 0.05) is 18.2 Å². The maximum Gasteiger partial charge on any atom is 0.326 e.